The van der Waals surface area contributed by atoms with Gasteiger partial charge >= 0.3 is 0 Å². The van der Waals surface area contributed by atoms with Gasteiger partial charge in [-0.25, -0.2) is 0 Å². The molecule has 1 aromatic carbocycles. The lowest BCUT2D eigenvalue weighted by molar-refractivity contribution is -0.0679. The highest BCUT2D eigenvalue weighted by molar-refractivity contribution is 6.31. The first-order chi connectivity index (χ1) is 13.0. The number of nitrogens with zero attached hydrogens (tertiary/aromatic N) is 3. The van der Waals surface area contributed by atoms with E-state index in [1.807, 2.05) is 24.3 Å². The fourth-order valence-corrected chi connectivity index (χ4v) is 3.64. The summed E-state index contributed by atoms with van der Waals surface area (Å²) in [6, 6.07) is 7.64. The number of carbonyl (C=O) groups is 1. The Kier molecular flexibility index (Phi) is 6.88. The molecular weight excluding hydrogens is 364 g/mol. The van der Waals surface area contributed by atoms with Gasteiger partial charge in [-0.3, -0.25) is 14.4 Å². The minimum atomic E-state index is -0.0934. The third-order valence-electron chi connectivity index (χ3n) is 4.62. The van der Waals surface area contributed by atoms with Gasteiger partial charge in [0.1, 0.15) is 0 Å². The largest absolute Gasteiger partial charge is 0.373 e. The maximum absolute atomic E-state index is 12.3. The molecule has 1 aliphatic heterocycles. The van der Waals surface area contributed by atoms with E-state index >= 15 is 0 Å². The van der Waals surface area contributed by atoms with E-state index in [1.54, 1.807) is 17.1 Å². The van der Waals surface area contributed by atoms with Gasteiger partial charge in [0, 0.05) is 37.4 Å². The second-order valence-electron chi connectivity index (χ2n) is 7.14. The van der Waals surface area contributed by atoms with Crippen molar-refractivity contribution in [3.05, 3.63) is 52.8 Å². The first-order valence-electron chi connectivity index (χ1n) is 9.43. The Hall–Kier alpha value is -1.89. The molecule has 1 amide bonds. The van der Waals surface area contributed by atoms with E-state index < -0.39 is 0 Å². The van der Waals surface area contributed by atoms with Gasteiger partial charge in [-0.1, -0.05) is 29.8 Å². The highest BCUT2D eigenvalue weighted by Crippen LogP contribution is 2.16. The van der Waals surface area contributed by atoms with Gasteiger partial charge in [0.15, 0.2) is 0 Å². The van der Waals surface area contributed by atoms with Crippen LogP contribution >= 0.6 is 11.6 Å². The highest BCUT2D eigenvalue weighted by atomic mass is 35.5. The molecule has 0 bridgehead atoms. The number of nitrogens with one attached hydrogen (secondary N) is 1. The fourth-order valence-electron chi connectivity index (χ4n) is 3.44. The highest BCUT2D eigenvalue weighted by Gasteiger charge is 2.21. The first kappa shape index (κ1) is 19.9. The molecule has 2 unspecified atom stereocenters. The summed E-state index contributed by atoms with van der Waals surface area (Å²) < 4.78 is 7.47. The van der Waals surface area contributed by atoms with Crippen LogP contribution in [0.3, 0.4) is 0 Å². The summed E-state index contributed by atoms with van der Waals surface area (Å²) in [7, 11) is 0. The standard InChI is InChI=1S/C20H27ClN4O2/c1-15-11-24(12-16(2)27-15)9-5-8-22-20(26)18-10-23-25(14-18)13-17-6-3-4-7-19(17)21/h3-4,6-7,10,14-16H,5,8-9,11-13H2,1-2H3,(H,22,26). The lowest BCUT2D eigenvalue weighted by atomic mass is 10.2. The van der Waals surface area contributed by atoms with Crippen molar-refractivity contribution in [2.75, 3.05) is 26.2 Å². The molecule has 0 radical (unpaired) electrons. The number of halogens is 1. The average Bonchev–Trinajstić information content (AvgIpc) is 3.08. The summed E-state index contributed by atoms with van der Waals surface area (Å²) in [5.74, 6) is -0.0934. The molecule has 2 aromatic rings. The molecule has 0 saturated carbocycles. The Morgan fingerprint density at radius 2 is 2.04 bits per heavy atom. The molecule has 1 N–H and O–H groups in total. The molecule has 27 heavy (non-hydrogen) atoms. The molecule has 1 aromatic heterocycles. The Balaban J connectivity index is 1.42. The number of morpholine rings is 1. The van der Waals surface area contributed by atoms with E-state index in [0.29, 0.717) is 23.7 Å². The van der Waals surface area contributed by atoms with Crippen LogP contribution in [0.5, 0.6) is 0 Å². The number of ether oxygens (including phenoxy) is 1. The van der Waals surface area contributed by atoms with Crippen molar-refractivity contribution in [3.63, 3.8) is 0 Å². The van der Waals surface area contributed by atoms with E-state index in [0.717, 1.165) is 31.6 Å². The summed E-state index contributed by atoms with van der Waals surface area (Å²) in [6.45, 7) is 8.26. The maximum atomic E-state index is 12.3. The molecule has 1 fully saturated rings. The third-order valence-corrected chi connectivity index (χ3v) is 4.99. The predicted octanol–water partition coefficient (Wildman–Crippen LogP) is 2.81. The van der Waals surface area contributed by atoms with Crippen molar-refractivity contribution in [2.45, 2.75) is 39.0 Å². The molecule has 146 valence electrons. The van der Waals surface area contributed by atoms with Crippen LogP contribution in [0.4, 0.5) is 0 Å². The molecular formula is C20H27ClN4O2. The van der Waals surface area contributed by atoms with Crippen LogP contribution in [-0.4, -0.2) is 59.0 Å². The van der Waals surface area contributed by atoms with Gasteiger partial charge in [0.25, 0.3) is 5.91 Å². The van der Waals surface area contributed by atoms with Crippen molar-refractivity contribution in [2.24, 2.45) is 0 Å². The van der Waals surface area contributed by atoms with Gasteiger partial charge in [0.2, 0.25) is 0 Å². The predicted molar refractivity (Wildman–Crippen MR) is 106 cm³/mol. The first-order valence-corrected chi connectivity index (χ1v) is 9.81. The number of hydrogen-bond acceptors (Lipinski definition) is 4. The summed E-state index contributed by atoms with van der Waals surface area (Å²) >= 11 is 6.18. The van der Waals surface area contributed by atoms with E-state index in [4.69, 9.17) is 16.3 Å². The van der Waals surface area contributed by atoms with Crippen molar-refractivity contribution >= 4 is 17.5 Å². The molecule has 1 saturated heterocycles. The number of carbonyl (C=O) groups excluding carboxylic acids is 1. The maximum Gasteiger partial charge on any atom is 0.254 e. The lowest BCUT2D eigenvalue weighted by Crippen LogP contribution is -2.46. The van der Waals surface area contributed by atoms with Crippen LogP contribution in [0, 0.1) is 0 Å². The van der Waals surface area contributed by atoms with Crippen LogP contribution in [-0.2, 0) is 11.3 Å². The normalized spacial score (nSPS) is 20.6. The second-order valence-corrected chi connectivity index (χ2v) is 7.55. The van der Waals surface area contributed by atoms with Crippen LogP contribution in [0.15, 0.2) is 36.7 Å². The Morgan fingerprint density at radius 3 is 2.78 bits per heavy atom. The monoisotopic (exact) mass is 390 g/mol. The van der Waals surface area contributed by atoms with Gasteiger partial charge < -0.3 is 10.1 Å². The molecule has 6 nitrogen and oxygen atoms in total. The van der Waals surface area contributed by atoms with Crippen LogP contribution in [0.1, 0.15) is 36.2 Å². The van der Waals surface area contributed by atoms with Crippen molar-refractivity contribution < 1.29 is 9.53 Å². The van der Waals surface area contributed by atoms with Gasteiger partial charge in [0.05, 0.1) is 30.5 Å². The van der Waals surface area contributed by atoms with E-state index in [2.05, 4.69) is 29.2 Å². The lowest BCUT2D eigenvalue weighted by Gasteiger charge is -2.35. The Labute approximate surface area is 165 Å². The van der Waals surface area contributed by atoms with Crippen molar-refractivity contribution in [3.8, 4) is 0 Å². The minimum absolute atomic E-state index is 0.0934. The van der Waals surface area contributed by atoms with Crippen molar-refractivity contribution in [1.29, 1.82) is 0 Å². The van der Waals surface area contributed by atoms with E-state index in [9.17, 15) is 4.79 Å². The summed E-state index contributed by atoms with van der Waals surface area (Å²) in [5.41, 5.74) is 1.54. The van der Waals surface area contributed by atoms with E-state index in [-0.39, 0.29) is 18.1 Å². The molecule has 7 heteroatoms. The van der Waals surface area contributed by atoms with Gasteiger partial charge in [-0.05, 0) is 31.9 Å². The quantitative estimate of drug-likeness (QED) is 0.738. The van der Waals surface area contributed by atoms with Crippen LogP contribution in [0.25, 0.3) is 0 Å². The number of hydrogen-bond donors (Lipinski definition) is 1. The number of benzene rings is 1. The topological polar surface area (TPSA) is 59.4 Å². The minimum Gasteiger partial charge on any atom is -0.373 e. The van der Waals surface area contributed by atoms with Crippen LogP contribution in [0.2, 0.25) is 5.02 Å². The fraction of sp³-hybridized carbons (Fsp3) is 0.500. The summed E-state index contributed by atoms with van der Waals surface area (Å²) in [5, 5.41) is 7.94. The molecule has 0 spiro atoms. The molecule has 1 aliphatic rings. The second kappa shape index (κ2) is 9.35. The number of rotatable bonds is 7. The average molecular weight is 391 g/mol. The summed E-state index contributed by atoms with van der Waals surface area (Å²) in [4.78, 5) is 14.7. The SMILES string of the molecule is CC1CN(CCCNC(=O)c2cnn(Cc3ccccc3Cl)c2)CC(C)O1. The molecule has 2 atom stereocenters. The number of amides is 1. The Morgan fingerprint density at radius 1 is 1.30 bits per heavy atom. The smallest absolute Gasteiger partial charge is 0.254 e. The zero-order valence-corrected chi connectivity index (χ0v) is 16.7. The zero-order chi connectivity index (χ0) is 19.2. The van der Waals surface area contributed by atoms with Crippen molar-refractivity contribution in [1.82, 2.24) is 20.0 Å². The molecule has 3 rings (SSSR count). The molecule has 2 heterocycles. The summed E-state index contributed by atoms with van der Waals surface area (Å²) in [6.07, 6.45) is 4.81. The number of aromatic nitrogens is 2. The third kappa shape index (κ3) is 5.79. The van der Waals surface area contributed by atoms with Gasteiger partial charge in [-0.15, -0.1) is 0 Å². The zero-order valence-electron chi connectivity index (χ0n) is 15.9. The Bertz CT molecular complexity index is 754. The van der Waals surface area contributed by atoms with Crippen LogP contribution < -0.4 is 5.32 Å². The molecule has 0 aliphatic carbocycles. The van der Waals surface area contributed by atoms with Gasteiger partial charge in [-0.2, -0.15) is 5.10 Å². The van der Waals surface area contributed by atoms with E-state index in [1.165, 1.54) is 0 Å².